The van der Waals surface area contributed by atoms with Gasteiger partial charge in [0.1, 0.15) is 5.79 Å². The lowest BCUT2D eigenvalue weighted by Gasteiger charge is -2.46. The van der Waals surface area contributed by atoms with Crippen molar-refractivity contribution in [2.75, 3.05) is 65.6 Å². The van der Waals surface area contributed by atoms with Gasteiger partial charge in [0, 0.05) is 45.8 Å². The fourth-order valence-corrected chi connectivity index (χ4v) is 2.44. The molecule has 0 amide bonds. The maximum Gasteiger partial charge on any atom is 0.123 e. The molecule has 1 rings (SSSR count). The van der Waals surface area contributed by atoms with Crippen LogP contribution in [-0.2, 0) is 0 Å². The Balaban J connectivity index is 2.50. The normalized spacial score (nSPS) is 18.9. The summed E-state index contributed by atoms with van der Waals surface area (Å²) in [6.45, 7) is 7.72. The van der Waals surface area contributed by atoms with Crippen LogP contribution in [-0.4, -0.2) is 96.5 Å². The zero-order chi connectivity index (χ0) is 14.1. The summed E-state index contributed by atoms with van der Waals surface area (Å²) in [6, 6.07) is 0. The van der Waals surface area contributed by atoms with Gasteiger partial charge in [0.05, 0.1) is 19.8 Å². The molecule has 19 heavy (non-hydrogen) atoms. The quantitative estimate of drug-likeness (QED) is 0.296. The van der Waals surface area contributed by atoms with Gasteiger partial charge in [-0.3, -0.25) is 20.4 Å². The van der Waals surface area contributed by atoms with E-state index < -0.39 is 5.79 Å². The molecule has 0 spiro atoms. The van der Waals surface area contributed by atoms with E-state index in [9.17, 15) is 0 Å². The fourth-order valence-electron chi connectivity index (χ4n) is 2.44. The zero-order valence-electron chi connectivity index (χ0n) is 11.8. The van der Waals surface area contributed by atoms with E-state index in [1.54, 1.807) is 0 Å². The van der Waals surface area contributed by atoms with E-state index in [0.717, 1.165) is 32.7 Å². The van der Waals surface area contributed by atoms with Crippen LogP contribution in [0.4, 0.5) is 0 Å². The minimum Gasteiger partial charge on any atom is -0.395 e. The van der Waals surface area contributed by atoms with Crippen LogP contribution in [0.2, 0.25) is 0 Å². The molecule has 0 radical (unpaired) electrons. The summed E-state index contributed by atoms with van der Waals surface area (Å²) in [6.07, 6.45) is 0. The van der Waals surface area contributed by atoms with Gasteiger partial charge >= 0.3 is 0 Å². The number of aliphatic hydroxyl groups is 3. The Kier molecular flexibility index (Phi) is 7.77. The third-order valence-corrected chi connectivity index (χ3v) is 3.58. The van der Waals surface area contributed by atoms with Crippen LogP contribution in [0.25, 0.3) is 0 Å². The summed E-state index contributed by atoms with van der Waals surface area (Å²) in [5, 5.41) is 33.4. The van der Waals surface area contributed by atoms with Crippen molar-refractivity contribution in [3.05, 3.63) is 0 Å². The largest absolute Gasteiger partial charge is 0.395 e. The van der Waals surface area contributed by atoms with Crippen LogP contribution >= 0.6 is 0 Å². The van der Waals surface area contributed by atoms with E-state index in [2.05, 4.69) is 20.4 Å². The number of β-amino-alcohol motifs (C(OH)–C–C–N with tert-alkyl or cyclic N) is 1. The fraction of sp³-hybridized carbons (Fsp3) is 1.00. The number of rotatable bonds is 9. The Morgan fingerprint density at radius 1 is 0.895 bits per heavy atom. The summed E-state index contributed by atoms with van der Waals surface area (Å²) in [5.74, 6) is -0.420. The highest BCUT2D eigenvalue weighted by molar-refractivity contribution is 4.85. The molecule has 114 valence electrons. The maximum atomic E-state index is 8.97. The van der Waals surface area contributed by atoms with Gasteiger partial charge in [0.25, 0.3) is 0 Å². The Bertz CT molecular complexity index is 227. The molecule has 7 heteroatoms. The Hall–Kier alpha value is -0.280. The molecule has 1 aliphatic heterocycles. The van der Waals surface area contributed by atoms with Crippen LogP contribution in [0, 0.1) is 0 Å². The van der Waals surface area contributed by atoms with Crippen LogP contribution in [0.5, 0.6) is 0 Å². The predicted molar refractivity (Wildman–Crippen MR) is 73.7 cm³/mol. The molecule has 0 unspecified atom stereocenters. The first-order valence-corrected chi connectivity index (χ1v) is 6.96. The van der Waals surface area contributed by atoms with Crippen molar-refractivity contribution in [1.82, 2.24) is 20.4 Å². The summed E-state index contributed by atoms with van der Waals surface area (Å²) in [7, 11) is 0. The van der Waals surface area contributed by atoms with Gasteiger partial charge in [-0.05, 0) is 6.92 Å². The molecule has 0 saturated carbocycles. The van der Waals surface area contributed by atoms with Crippen molar-refractivity contribution in [3.8, 4) is 0 Å². The highest BCUT2D eigenvalue weighted by Gasteiger charge is 2.32. The number of nitrogens with zero attached hydrogens (tertiary/aromatic N) is 2. The first kappa shape index (κ1) is 16.8. The standard InChI is InChI=1S/C12H28N4O3/c1-12(13-2-9-17,14-3-10-18)16-6-4-15(5-7-16)8-11-19/h13-14,17-19H,2-11H2,1H3. The minimum absolute atomic E-state index is 0.0842. The lowest BCUT2D eigenvalue weighted by atomic mass is 10.2. The third kappa shape index (κ3) is 5.31. The minimum atomic E-state index is -0.420. The van der Waals surface area contributed by atoms with Gasteiger partial charge < -0.3 is 15.3 Å². The van der Waals surface area contributed by atoms with Crippen LogP contribution in [0.1, 0.15) is 6.92 Å². The molecule has 1 aliphatic rings. The van der Waals surface area contributed by atoms with Gasteiger partial charge in [0.15, 0.2) is 0 Å². The molecule has 1 heterocycles. The molecule has 0 atom stereocenters. The second-order valence-electron chi connectivity index (χ2n) is 4.93. The lowest BCUT2D eigenvalue weighted by Crippen LogP contribution is -2.69. The molecule has 0 aromatic rings. The smallest absolute Gasteiger partial charge is 0.123 e. The summed E-state index contributed by atoms with van der Waals surface area (Å²) in [4.78, 5) is 4.50. The second kappa shape index (κ2) is 8.80. The van der Waals surface area contributed by atoms with E-state index in [4.69, 9.17) is 15.3 Å². The number of hydrogen-bond acceptors (Lipinski definition) is 7. The van der Waals surface area contributed by atoms with Crippen molar-refractivity contribution in [2.45, 2.75) is 12.7 Å². The summed E-state index contributed by atoms with van der Waals surface area (Å²) >= 11 is 0. The number of aliphatic hydroxyl groups excluding tert-OH is 3. The zero-order valence-corrected chi connectivity index (χ0v) is 11.8. The van der Waals surface area contributed by atoms with Crippen LogP contribution in [0.3, 0.4) is 0 Å². The topological polar surface area (TPSA) is 91.2 Å². The number of hydrogen-bond donors (Lipinski definition) is 5. The molecule has 0 aromatic heterocycles. The average molecular weight is 276 g/mol. The van der Waals surface area contributed by atoms with Crippen molar-refractivity contribution in [2.24, 2.45) is 0 Å². The van der Waals surface area contributed by atoms with Crippen molar-refractivity contribution < 1.29 is 15.3 Å². The maximum absolute atomic E-state index is 8.97. The molecule has 0 aliphatic carbocycles. The SMILES string of the molecule is CC(NCCO)(NCCO)N1CCN(CCO)CC1. The molecule has 0 aromatic carbocycles. The van der Waals surface area contributed by atoms with Crippen LogP contribution < -0.4 is 10.6 Å². The first-order valence-electron chi connectivity index (χ1n) is 6.96. The summed E-state index contributed by atoms with van der Waals surface area (Å²) < 4.78 is 0. The van der Waals surface area contributed by atoms with Crippen molar-refractivity contribution >= 4 is 0 Å². The van der Waals surface area contributed by atoms with Gasteiger partial charge in [-0.15, -0.1) is 0 Å². The van der Waals surface area contributed by atoms with E-state index in [0.29, 0.717) is 13.1 Å². The number of piperazine rings is 1. The molecule has 0 bridgehead atoms. The Morgan fingerprint density at radius 2 is 1.42 bits per heavy atom. The number of nitrogens with one attached hydrogen (secondary N) is 2. The Morgan fingerprint density at radius 3 is 1.84 bits per heavy atom. The Labute approximate surface area is 115 Å². The average Bonchev–Trinajstić information content (AvgIpc) is 2.44. The highest BCUT2D eigenvalue weighted by atomic mass is 16.3. The van der Waals surface area contributed by atoms with Crippen molar-refractivity contribution in [1.29, 1.82) is 0 Å². The molecular weight excluding hydrogens is 248 g/mol. The van der Waals surface area contributed by atoms with Crippen LogP contribution in [0.15, 0.2) is 0 Å². The monoisotopic (exact) mass is 276 g/mol. The highest BCUT2D eigenvalue weighted by Crippen LogP contribution is 2.12. The lowest BCUT2D eigenvalue weighted by molar-refractivity contribution is -0.00912. The molecular formula is C12H28N4O3. The van der Waals surface area contributed by atoms with E-state index in [1.165, 1.54) is 0 Å². The molecule has 1 saturated heterocycles. The molecule has 1 fully saturated rings. The molecule has 7 nitrogen and oxygen atoms in total. The van der Waals surface area contributed by atoms with E-state index >= 15 is 0 Å². The van der Waals surface area contributed by atoms with E-state index in [-0.39, 0.29) is 19.8 Å². The molecule has 5 N–H and O–H groups in total. The van der Waals surface area contributed by atoms with Gasteiger partial charge in [-0.25, -0.2) is 0 Å². The van der Waals surface area contributed by atoms with E-state index in [1.807, 2.05) is 6.92 Å². The first-order chi connectivity index (χ1) is 9.16. The second-order valence-corrected chi connectivity index (χ2v) is 4.93. The van der Waals surface area contributed by atoms with Gasteiger partial charge in [-0.1, -0.05) is 0 Å². The summed E-state index contributed by atoms with van der Waals surface area (Å²) in [5.41, 5.74) is 0. The third-order valence-electron chi connectivity index (χ3n) is 3.58. The van der Waals surface area contributed by atoms with Gasteiger partial charge in [0.2, 0.25) is 0 Å². The van der Waals surface area contributed by atoms with Gasteiger partial charge in [-0.2, -0.15) is 0 Å². The predicted octanol–water partition coefficient (Wildman–Crippen LogP) is -2.57. The van der Waals surface area contributed by atoms with Crippen molar-refractivity contribution in [3.63, 3.8) is 0 Å².